The van der Waals surface area contributed by atoms with Crippen LogP contribution in [0.1, 0.15) is 78.1 Å². The predicted molar refractivity (Wildman–Crippen MR) is 109 cm³/mol. The molecule has 0 saturated heterocycles. The molecule has 0 saturated carbocycles. The Kier molecular flexibility index (Phi) is 15.8. The second kappa shape index (κ2) is 16.2. The van der Waals surface area contributed by atoms with E-state index in [4.69, 9.17) is 18.0 Å². The van der Waals surface area contributed by atoms with Gasteiger partial charge in [0.2, 0.25) is 0 Å². The summed E-state index contributed by atoms with van der Waals surface area (Å²) in [5.74, 6) is -1.17. The lowest BCUT2D eigenvalue weighted by molar-refractivity contribution is -0.152. The zero-order valence-corrected chi connectivity index (χ0v) is 19.0. The van der Waals surface area contributed by atoms with E-state index in [2.05, 4.69) is 6.92 Å². The van der Waals surface area contributed by atoms with Crippen LogP contribution in [0.5, 0.6) is 0 Å². The molecular formula is C20H40O6Si. The number of hydrogen-bond donors (Lipinski definition) is 0. The molecule has 0 aliphatic rings. The summed E-state index contributed by atoms with van der Waals surface area (Å²) in [5.41, 5.74) is 0. The average molecular weight is 405 g/mol. The van der Waals surface area contributed by atoms with Crippen molar-refractivity contribution in [1.29, 1.82) is 0 Å². The fraction of sp³-hybridized carbons (Fsp3) is 0.900. The summed E-state index contributed by atoms with van der Waals surface area (Å²) < 4.78 is 21.3. The number of carbonyl (C=O) groups is 2. The normalized spacial score (nSPS) is 12.8. The van der Waals surface area contributed by atoms with Gasteiger partial charge in [-0.25, -0.2) is 0 Å². The monoisotopic (exact) mass is 404 g/mol. The number of rotatable bonds is 18. The van der Waals surface area contributed by atoms with E-state index in [9.17, 15) is 9.59 Å². The minimum absolute atomic E-state index is 0.114. The Morgan fingerprint density at radius 2 is 1.33 bits per heavy atom. The van der Waals surface area contributed by atoms with Crippen LogP contribution in [0.15, 0.2) is 0 Å². The van der Waals surface area contributed by atoms with Crippen molar-refractivity contribution in [2.24, 2.45) is 5.92 Å². The van der Waals surface area contributed by atoms with Gasteiger partial charge in [0.15, 0.2) is 0 Å². The van der Waals surface area contributed by atoms with Gasteiger partial charge in [0.25, 0.3) is 0 Å². The molecular weight excluding hydrogens is 364 g/mol. The summed E-state index contributed by atoms with van der Waals surface area (Å²) in [4.78, 5) is 24.0. The van der Waals surface area contributed by atoms with Crippen LogP contribution in [0, 0.1) is 5.92 Å². The molecule has 0 heterocycles. The Balaban J connectivity index is 4.06. The lowest BCUT2D eigenvalue weighted by Gasteiger charge is -2.24. The highest BCUT2D eigenvalue weighted by Gasteiger charge is 2.37. The Bertz CT molecular complexity index is 390. The lowest BCUT2D eigenvalue weighted by atomic mass is 9.97. The van der Waals surface area contributed by atoms with Gasteiger partial charge in [-0.1, -0.05) is 58.3 Å². The zero-order valence-electron chi connectivity index (χ0n) is 18.0. The van der Waals surface area contributed by atoms with Crippen LogP contribution in [0.25, 0.3) is 0 Å². The number of hydrogen-bond acceptors (Lipinski definition) is 6. The number of Topliss-reactive ketones (excluding diaryl/α,β-unsaturated/α-hetero) is 1. The SMILES string of the molecule is CCCCCCCCCCC(C(C)=O)C(=O)OCCC[Si](OC)(OC)OC. The standard InChI is InChI=1S/C20H40O6Si/c1-6-7-8-9-10-11-12-13-15-19(18(2)21)20(22)26-16-14-17-27(23-3,24-4)25-5/h19H,6-17H2,1-5H3. The van der Waals surface area contributed by atoms with Gasteiger partial charge in [0.05, 0.1) is 6.61 Å². The van der Waals surface area contributed by atoms with Gasteiger partial charge in [0.1, 0.15) is 11.7 Å². The van der Waals surface area contributed by atoms with Gasteiger partial charge in [0, 0.05) is 27.4 Å². The number of carbonyl (C=O) groups excluding carboxylic acids is 2. The molecule has 0 bridgehead atoms. The highest BCUT2D eigenvalue weighted by atomic mass is 28.4. The lowest BCUT2D eigenvalue weighted by Crippen LogP contribution is -2.42. The van der Waals surface area contributed by atoms with Gasteiger partial charge < -0.3 is 18.0 Å². The molecule has 0 amide bonds. The molecule has 0 aliphatic heterocycles. The predicted octanol–water partition coefficient (Wildman–Crippen LogP) is 4.53. The maximum Gasteiger partial charge on any atom is 0.500 e. The average Bonchev–Trinajstić information content (AvgIpc) is 2.67. The van der Waals surface area contributed by atoms with E-state index in [0.29, 0.717) is 18.9 Å². The van der Waals surface area contributed by atoms with Crippen LogP contribution in [-0.2, 0) is 27.6 Å². The molecule has 0 aromatic carbocycles. The van der Waals surface area contributed by atoms with E-state index >= 15 is 0 Å². The highest BCUT2D eigenvalue weighted by molar-refractivity contribution is 6.60. The molecule has 7 heteroatoms. The molecule has 1 atom stereocenters. The summed E-state index contributed by atoms with van der Waals surface area (Å²) in [7, 11) is 2.03. The van der Waals surface area contributed by atoms with Gasteiger partial charge >= 0.3 is 14.8 Å². The Morgan fingerprint density at radius 3 is 1.81 bits per heavy atom. The molecule has 0 fully saturated rings. The first-order chi connectivity index (χ1) is 13.0. The first-order valence-electron chi connectivity index (χ1n) is 10.3. The minimum Gasteiger partial charge on any atom is -0.465 e. The van der Waals surface area contributed by atoms with E-state index < -0.39 is 20.7 Å². The maximum absolute atomic E-state index is 12.2. The highest BCUT2D eigenvalue weighted by Crippen LogP contribution is 2.17. The van der Waals surface area contributed by atoms with Crippen molar-refractivity contribution >= 4 is 20.6 Å². The van der Waals surface area contributed by atoms with E-state index in [1.54, 1.807) is 21.3 Å². The minimum atomic E-state index is -2.64. The van der Waals surface area contributed by atoms with Gasteiger partial charge in [-0.3, -0.25) is 9.59 Å². The van der Waals surface area contributed by atoms with E-state index in [1.165, 1.54) is 45.4 Å². The van der Waals surface area contributed by atoms with Gasteiger partial charge in [-0.2, -0.15) is 0 Å². The molecule has 6 nitrogen and oxygen atoms in total. The molecule has 0 spiro atoms. The summed E-state index contributed by atoms with van der Waals surface area (Å²) in [5, 5.41) is 0. The number of ether oxygens (including phenoxy) is 1. The third-order valence-corrected chi connectivity index (χ3v) is 7.76. The molecule has 0 aliphatic carbocycles. The molecule has 0 rings (SSSR count). The molecule has 160 valence electrons. The maximum atomic E-state index is 12.2. The molecule has 0 aromatic heterocycles. The Labute approximate surface area is 166 Å². The van der Waals surface area contributed by atoms with Crippen LogP contribution in [0.2, 0.25) is 6.04 Å². The summed E-state index contributed by atoms with van der Waals surface area (Å²) in [6.07, 6.45) is 10.7. The number of ketones is 1. The number of unbranched alkanes of at least 4 members (excludes halogenated alkanes) is 7. The van der Waals surface area contributed by atoms with Crippen molar-refractivity contribution in [2.45, 2.75) is 84.1 Å². The van der Waals surface area contributed by atoms with Crippen LogP contribution in [0.4, 0.5) is 0 Å². The van der Waals surface area contributed by atoms with E-state index in [0.717, 1.165) is 12.8 Å². The summed E-state index contributed by atoms with van der Waals surface area (Å²) in [6.45, 7) is 3.92. The van der Waals surface area contributed by atoms with Crippen molar-refractivity contribution < 1.29 is 27.6 Å². The van der Waals surface area contributed by atoms with Crippen LogP contribution < -0.4 is 0 Å². The first kappa shape index (κ1) is 26.2. The third-order valence-electron chi connectivity index (χ3n) is 4.93. The molecule has 27 heavy (non-hydrogen) atoms. The first-order valence-corrected chi connectivity index (χ1v) is 12.2. The third kappa shape index (κ3) is 11.6. The van der Waals surface area contributed by atoms with Crippen LogP contribution in [0.3, 0.4) is 0 Å². The van der Waals surface area contributed by atoms with E-state index in [-0.39, 0.29) is 12.4 Å². The van der Waals surface area contributed by atoms with Gasteiger partial charge in [-0.05, 0) is 19.8 Å². The van der Waals surface area contributed by atoms with Crippen molar-refractivity contribution in [3.63, 3.8) is 0 Å². The molecule has 1 unspecified atom stereocenters. The van der Waals surface area contributed by atoms with E-state index in [1.807, 2.05) is 0 Å². The van der Waals surface area contributed by atoms with Crippen molar-refractivity contribution in [1.82, 2.24) is 0 Å². The molecule has 0 radical (unpaired) electrons. The Morgan fingerprint density at radius 1 is 0.815 bits per heavy atom. The van der Waals surface area contributed by atoms with Crippen molar-refractivity contribution in [3.8, 4) is 0 Å². The largest absolute Gasteiger partial charge is 0.500 e. The second-order valence-corrected chi connectivity index (χ2v) is 10.1. The second-order valence-electron chi connectivity index (χ2n) is 6.99. The molecule has 0 N–H and O–H groups in total. The van der Waals surface area contributed by atoms with Crippen molar-refractivity contribution in [3.05, 3.63) is 0 Å². The fourth-order valence-electron chi connectivity index (χ4n) is 3.09. The fourth-order valence-corrected chi connectivity index (χ4v) is 4.78. The topological polar surface area (TPSA) is 71.1 Å². The summed E-state index contributed by atoms with van der Waals surface area (Å²) >= 11 is 0. The Hall–Kier alpha value is -0.763. The molecule has 0 aromatic rings. The number of esters is 1. The zero-order chi connectivity index (χ0) is 20.5. The quantitative estimate of drug-likeness (QED) is 0.145. The smallest absolute Gasteiger partial charge is 0.465 e. The summed E-state index contributed by atoms with van der Waals surface area (Å²) in [6, 6.07) is 0.562. The van der Waals surface area contributed by atoms with Crippen LogP contribution >= 0.6 is 0 Å². The van der Waals surface area contributed by atoms with Crippen LogP contribution in [-0.4, -0.2) is 48.5 Å². The van der Waals surface area contributed by atoms with Crippen molar-refractivity contribution in [2.75, 3.05) is 27.9 Å². The van der Waals surface area contributed by atoms with Gasteiger partial charge in [-0.15, -0.1) is 0 Å².